The molecule has 4 rings (SSSR count). The van der Waals surface area contributed by atoms with E-state index >= 15 is 0 Å². The topological polar surface area (TPSA) is 83.9 Å². The van der Waals surface area contributed by atoms with E-state index in [0.717, 1.165) is 16.8 Å². The molecule has 1 aromatic carbocycles. The van der Waals surface area contributed by atoms with Gasteiger partial charge in [-0.2, -0.15) is 0 Å². The van der Waals surface area contributed by atoms with Gasteiger partial charge in [-0.15, -0.1) is 0 Å². The molecule has 1 unspecified atom stereocenters. The summed E-state index contributed by atoms with van der Waals surface area (Å²) in [6.07, 6.45) is 3.24. The third kappa shape index (κ3) is 5.34. The number of amidine groups is 1. The minimum atomic E-state index is -0.508. The van der Waals surface area contributed by atoms with Crippen LogP contribution in [0.15, 0.2) is 76.2 Å². The quantitative estimate of drug-likeness (QED) is 0.545. The van der Waals surface area contributed by atoms with E-state index in [1.807, 2.05) is 54.5 Å². The molecule has 9 heteroatoms. The van der Waals surface area contributed by atoms with Gasteiger partial charge in [0.1, 0.15) is 0 Å². The summed E-state index contributed by atoms with van der Waals surface area (Å²) in [6.45, 7) is 5.83. The molecule has 0 saturated heterocycles. The number of carbonyl (C=O) groups is 2. The highest BCUT2D eigenvalue weighted by atomic mass is 35.5. The van der Waals surface area contributed by atoms with Gasteiger partial charge in [-0.1, -0.05) is 35.5 Å². The molecule has 0 fully saturated rings. The van der Waals surface area contributed by atoms with Crippen LogP contribution in [0.4, 0.5) is 0 Å². The second kappa shape index (κ2) is 10.4. The third-order valence-corrected chi connectivity index (χ3v) is 6.43. The van der Waals surface area contributed by atoms with E-state index < -0.39 is 12.0 Å². The number of rotatable bonds is 7. The summed E-state index contributed by atoms with van der Waals surface area (Å²) in [5, 5.41) is 6.12. The Labute approximate surface area is 207 Å². The molecule has 0 saturated carbocycles. The highest BCUT2D eigenvalue weighted by molar-refractivity contribution is 8.16. The molecule has 0 spiro atoms. The molecule has 3 heterocycles. The Hall–Kier alpha value is -3.10. The van der Waals surface area contributed by atoms with Crippen LogP contribution in [0.25, 0.3) is 0 Å². The van der Waals surface area contributed by atoms with Gasteiger partial charge in [0.2, 0.25) is 5.91 Å². The van der Waals surface area contributed by atoms with E-state index in [2.05, 4.69) is 15.3 Å². The molecule has 7 nitrogen and oxygen atoms in total. The third-order valence-electron chi connectivity index (χ3n) is 5.31. The van der Waals surface area contributed by atoms with E-state index in [9.17, 15) is 9.59 Å². The fourth-order valence-corrected chi connectivity index (χ4v) is 4.99. The fraction of sp³-hybridized carbons (Fsp3) is 0.280. The first kappa shape index (κ1) is 24.0. The van der Waals surface area contributed by atoms with Gasteiger partial charge in [0.05, 0.1) is 29.8 Å². The van der Waals surface area contributed by atoms with Crippen LogP contribution < -0.4 is 5.32 Å². The molecule has 2 aromatic rings. The number of hydrogen-bond donors (Lipinski definition) is 1. The second-order valence-corrected chi connectivity index (χ2v) is 9.48. The van der Waals surface area contributed by atoms with Crippen molar-refractivity contribution in [1.29, 1.82) is 0 Å². The van der Waals surface area contributed by atoms with Crippen molar-refractivity contribution in [3.05, 3.63) is 87.3 Å². The molecule has 176 valence electrons. The van der Waals surface area contributed by atoms with Crippen molar-refractivity contribution in [3.8, 4) is 0 Å². The number of amides is 1. The summed E-state index contributed by atoms with van der Waals surface area (Å²) in [4.78, 5) is 36.5. The summed E-state index contributed by atoms with van der Waals surface area (Å²) in [5.41, 5.74) is 3.56. The molecular weight excluding hydrogens is 472 g/mol. The zero-order chi connectivity index (χ0) is 24.2. The minimum Gasteiger partial charge on any atom is -0.459 e. The number of aromatic nitrogens is 1. The standard InChI is InChI=1S/C25H25ClN4O3S/c1-15(2)33-24(32)22-16(3)29-25-30(23(22)18-5-4-6-19(26)11-18)20(14-34-25)12-21(31)28-13-17-7-9-27-10-8-17/h4-11,14-15,23H,12-13H2,1-3H3,(H,28,31). The molecule has 1 atom stereocenters. The Bertz CT molecular complexity index is 1190. The maximum atomic E-state index is 13.1. The maximum absolute atomic E-state index is 13.1. The number of esters is 1. The molecule has 1 N–H and O–H groups in total. The Balaban J connectivity index is 1.62. The van der Waals surface area contributed by atoms with Gasteiger partial charge in [0.15, 0.2) is 5.17 Å². The van der Waals surface area contributed by atoms with Crippen LogP contribution in [0.1, 0.15) is 44.4 Å². The first-order valence-corrected chi connectivity index (χ1v) is 12.2. The zero-order valence-electron chi connectivity index (χ0n) is 19.1. The smallest absolute Gasteiger partial charge is 0.338 e. The highest BCUT2D eigenvalue weighted by Gasteiger charge is 2.41. The average Bonchev–Trinajstić information content (AvgIpc) is 3.18. The van der Waals surface area contributed by atoms with Gasteiger partial charge >= 0.3 is 5.97 Å². The van der Waals surface area contributed by atoms with Crippen molar-refractivity contribution in [1.82, 2.24) is 15.2 Å². The molecule has 0 bridgehead atoms. The number of pyridine rings is 1. The van der Waals surface area contributed by atoms with Crippen LogP contribution in [0.2, 0.25) is 5.02 Å². The molecule has 2 aliphatic heterocycles. The molecular formula is C25H25ClN4O3S. The number of aliphatic imine (C=N–C) groups is 1. The molecule has 0 radical (unpaired) electrons. The lowest BCUT2D eigenvalue weighted by Crippen LogP contribution is -2.38. The van der Waals surface area contributed by atoms with Crippen molar-refractivity contribution >= 4 is 40.4 Å². The zero-order valence-corrected chi connectivity index (χ0v) is 20.7. The van der Waals surface area contributed by atoms with Crippen molar-refractivity contribution in [2.45, 2.75) is 45.9 Å². The van der Waals surface area contributed by atoms with Gasteiger partial charge in [-0.3, -0.25) is 9.78 Å². The number of ether oxygens (including phenoxy) is 1. The van der Waals surface area contributed by atoms with Crippen LogP contribution >= 0.6 is 23.4 Å². The van der Waals surface area contributed by atoms with E-state index in [1.54, 1.807) is 25.4 Å². The Morgan fingerprint density at radius 1 is 1.24 bits per heavy atom. The van der Waals surface area contributed by atoms with Crippen molar-refractivity contribution in [2.75, 3.05) is 0 Å². The lowest BCUT2D eigenvalue weighted by molar-refractivity contribution is -0.143. The lowest BCUT2D eigenvalue weighted by Gasteiger charge is -2.36. The van der Waals surface area contributed by atoms with Crippen molar-refractivity contribution < 1.29 is 14.3 Å². The summed E-state index contributed by atoms with van der Waals surface area (Å²) in [5.74, 6) is -0.564. The number of halogens is 1. The van der Waals surface area contributed by atoms with Crippen LogP contribution in [0.3, 0.4) is 0 Å². The van der Waals surface area contributed by atoms with Gasteiger partial charge < -0.3 is 15.0 Å². The Morgan fingerprint density at radius 3 is 2.71 bits per heavy atom. The summed E-state index contributed by atoms with van der Waals surface area (Å²) < 4.78 is 5.56. The normalized spacial score (nSPS) is 17.3. The summed E-state index contributed by atoms with van der Waals surface area (Å²) in [6, 6.07) is 10.6. The Kier molecular flexibility index (Phi) is 7.38. The number of thioether (sulfide) groups is 1. The number of allylic oxidation sites excluding steroid dienone is 1. The minimum absolute atomic E-state index is 0.132. The van der Waals surface area contributed by atoms with Gasteiger partial charge in [0.25, 0.3) is 0 Å². The predicted molar refractivity (Wildman–Crippen MR) is 134 cm³/mol. The monoisotopic (exact) mass is 496 g/mol. The first-order chi connectivity index (χ1) is 16.3. The number of nitrogens with zero attached hydrogens (tertiary/aromatic N) is 3. The molecule has 34 heavy (non-hydrogen) atoms. The molecule has 1 amide bonds. The van der Waals surface area contributed by atoms with Crippen LogP contribution in [0, 0.1) is 0 Å². The van der Waals surface area contributed by atoms with Gasteiger partial charge in [-0.25, -0.2) is 9.79 Å². The van der Waals surface area contributed by atoms with E-state index in [4.69, 9.17) is 16.3 Å². The van der Waals surface area contributed by atoms with E-state index in [1.165, 1.54) is 11.8 Å². The van der Waals surface area contributed by atoms with E-state index in [-0.39, 0.29) is 18.4 Å². The second-order valence-electron chi connectivity index (χ2n) is 8.21. The van der Waals surface area contributed by atoms with Gasteiger partial charge in [0, 0.05) is 29.7 Å². The molecule has 0 aliphatic carbocycles. The summed E-state index contributed by atoms with van der Waals surface area (Å²) in [7, 11) is 0. The number of nitrogens with one attached hydrogen (secondary N) is 1. The van der Waals surface area contributed by atoms with Crippen LogP contribution in [-0.4, -0.2) is 33.0 Å². The van der Waals surface area contributed by atoms with E-state index in [0.29, 0.717) is 28.0 Å². The fourth-order valence-electron chi connectivity index (χ4n) is 3.83. The van der Waals surface area contributed by atoms with Crippen LogP contribution in [0.5, 0.6) is 0 Å². The number of fused-ring (bicyclic) bond motifs is 1. The number of benzene rings is 1. The number of hydrogen-bond acceptors (Lipinski definition) is 7. The average molecular weight is 497 g/mol. The lowest BCUT2D eigenvalue weighted by atomic mass is 9.94. The molecule has 2 aliphatic rings. The first-order valence-electron chi connectivity index (χ1n) is 10.9. The predicted octanol–water partition coefficient (Wildman–Crippen LogP) is 4.97. The largest absolute Gasteiger partial charge is 0.459 e. The number of carbonyl (C=O) groups excluding carboxylic acids is 2. The van der Waals surface area contributed by atoms with Gasteiger partial charge in [-0.05, 0) is 61.6 Å². The van der Waals surface area contributed by atoms with Crippen molar-refractivity contribution in [3.63, 3.8) is 0 Å². The SMILES string of the molecule is CC1=C(C(=O)OC(C)C)C(c2cccc(Cl)c2)N2C(CC(=O)NCc3ccncc3)=CSC2=N1. The molecule has 1 aromatic heterocycles. The van der Waals surface area contributed by atoms with Crippen molar-refractivity contribution in [2.24, 2.45) is 4.99 Å². The maximum Gasteiger partial charge on any atom is 0.338 e. The highest BCUT2D eigenvalue weighted by Crippen LogP contribution is 2.45. The summed E-state index contributed by atoms with van der Waals surface area (Å²) >= 11 is 7.74. The Morgan fingerprint density at radius 2 is 2.00 bits per heavy atom. The van der Waals surface area contributed by atoms with Crippen LogP contribution in [-0.2, 0) is 20.9 Å².